The van der Waals surface area contributed by atoms with Crippen molar-refractivity contribution in [2.24, 2.45) is 5.73 Å². The first-order chi connectivity index (χ1) is 13.9. The molecular weight excluding hydrogens is 368 g/mol. The first-order valence-electron chi connectivity index (χ1n) is 10.0. The van der Waals surface area contributed by atoms with Crippen molar-refractivity contribution in [1.29, 1.82) is 0 Å². The van der Waals surface area contributed by atoms with Gasteiger partial charge in [-0.15, -0.1) is 0 Å². The number of rotatable bonds is 4. The van der Waals surface area contributed by atoms with Crippen LogP contribution in [0.1, 0.15) is 48.0 Å². The Labute approximate surface area is 170 Å². The van der Waals surface area contributed by atoms with E-state index in [0.717, 1.165) is 35.6 Å². The first kappa shape index (κ1) is 19.2. The van der Waals surface area contributed by atoms with Crippen LogP contribution in [0.4, 0.5) is 23.1 Å². The Hall–Kier alpha value is -3.16. The molecule has 0 bridgehead atoms. The van der Waals surface area contributed by atoms with Crippen molar-refractivity contribution in [3.05, 3.63) is 35.5 Å². The predicted molar refractivity (Wildman–Crippen MR) is 113 cm³/mol. The molecule has 0 unspecified atom stereocenters. The molecule has 2 aliphatic rings. The number of aryl methyl sites for hydroxylation is 1. The lowest BCUT2D eigenvalue weighted by Gasteiger charge is -2.30. The highest BCUT2D eigenvalue weighted by Crippen LogP contribution is 2.36. The van der Waals surface area contributed by atoms with Gasteiger partial charge in [0, 0.05) is 37.3 Å². The summed E-state index contributed by atoms with van der Waals surface area (Å²) in [5.41, 5.74) is 8.24. The molecule has 29 heavy (non-hydrogen) atoms. The molecule has 1 saturated carbocycles. The molecule has 0 radical (unpaired) electrons. The third-order valence-corrected chi connectivity index (χ3v) is 5.85. The van der Waals surface area contributed by atoms with Crippen molar-refractivity contribution >= 4 is 35.0 Å². The topological polar surface area (TPSA) is 104 Å². The van der Waals surface area contributed by atoms with Crippen LogP contribution in [0.2, 0.25) is 0 Å². The van der Waals surface area contributed by atoms with Gasteiger partial charge in [-0.2, -0.15) is 4.98 Å². The number of nitrogens with two attached hydrogens (primary N) is 1. The van der Waals surface area contributed by atoms with Crippen LogP contribution in [0.15, 0.2) is 24.4 Å². The first-order valence-corrected chi connectivity index (χ1v) is 10.0. The van der Waals surface area contributed by atoms with Gasteiger partial charge in [0.25, 0.3) is 0 Å². The van der Waals surface area contributed by atoms with Crippen LogP contribution in [-0.2, 0) is 4.79 Å². The Morgan fingerprint density at radius 1 is 1.28 bits per heavy atom. The van der Waals surface area contributed by atoms with Gasteiger partial charge >= 0.3 is 0 Å². The lowest BCUT2D eigenvalue weighted by atomic mass is 10.1. The number of nitrogens with zero attached hydrogens (tertiary/aromatic N) is 4. The number of nitrogens with one attached hydrogen (secondary N) is 1. The smallest absolute Gasteiger partial charge is 0.248 e. The SMILES string of the molecule is Cc1cc(C(N)=O)ccc1Nc1ncc2c(n1)N(C1CCCC1)CCC(=O)N2C. The van der Waals surface area contributed by atoms with Gasteiger partial charge in [-0.05, 0) is 43.5 Å². The van der Waals surface area contributed by atoms with Gasteiger partial charge in [-0.25, -0.2) is 4.98 Å². The fourth-order valence-electron chi connectivity index (χ4n) is 4.15. The zero-order valence-corrected chi connectivity index (χ0v) is 16.8. The fraction of sp³-hybridized carbons (Fsp3) is 0.429. The minimum absolute atomic E-state index is 0.0777. The molecule has 0 saturated heterocycles. The van der Waals surface area contributed by atoms with Crippen LogP contribution in [0, 0.1) is 6.92 Å². The quantitative estimate of drug-likeness (QED) is 0.826. The van der Waals surface area contributed by atoms with E-state index in [-0.39, 0.29) is 5.91 Å². The zero-order chi connectivity index (χ0) is 20.5. The van der Waals surface area contributed by atoms with E-state index < -0.39 is 5.91 Å². The molecule has 1 aromatic carbocycles. The summed E-state index contributed by atoms with van der Waals surface area (Å²) in [5.74, 6) is 0.883. The highest BCUT2D eigenvalue weighted by atomic mass is 16.2. The number of carbonyl (C=O) groups is 2. The van der Waals surface area contributed by atoms with Crippen LogP contribution in [0.25, 0.3) is 0 Å². The standard InChI is InChI=1S/C21H26N6O2/c1-13-11-14(19(22)29)7-8-16(13)24-21-23-12-17-20(25-21)27(15-5-3-4-6-15)10-9-18(28)26(17)2/h7-8,11-12,15H,3-6,9-10H2,1-2H3,(H2,22,29)(H,23,24,25). The molecule has 1 fully saturated rings. The number of anilines is 4. The molecule has 0 atom stereocenters. The summed E-state index contributed by atoms with van der Waals surface area (Å²) in [5, 5.41) is 3.24. The third kappa shape index (κ3) is 3.74. The van der Waals surface area contributed by atoms with Crippen molar-refractivity contribution < 1.29 is 9.59 Å². The molecule has 2 heterocycles. The molecule has 3 N–H and O–H groups in total. The average Bonchev–Trinajstić information content (AvgIpc) is 3.20. The second-order valence-corrected chi connectivity index (χ2v) is 7.76. The Balaban J connectivity index is 1.68. The molecule has 8 nitrogen and oxygen atoms in total. The third-order valence-electron chi connectivity index (χ3n) is 5.85. The Kier molecular flexibility index (Phi) is 5.08. The van der Waals surface area contributed by atoms with Gasteiger partial charge in [0.05, 0.1) is 6.20 Å². The Morgan fingerprint density at radius 2 is 2.03 bits per heavy atom. The minimum Gasteiger partial charge on any atom is -0.366 e. The van der Waals surface area contributed by atoms with Crippen LogP contribution < -0.4 is 20.9 Å². The predicted octanol–water partition coefficient (Wildman–Crippen LogP) is 2.74. The normalized spacial score (nSPS) is 17.2. The fourth-order valence-corrected chi connectivity index (χ4v) is 4.15. The number of amides is 2. The lowest BCUT2D eigenvalue weighted by molar-refractivity contribution is -0.118. The number of primary amides is 1. The summed E-state index contributed by atoms with van der Waals surface area (Å²) < 4.78 is 0. The molecule has 152 valence electrons. The highest BCUT2D eigenvalue weighted by molar-refractivity contribution is 5.97. The maximum absolute atomic E-state index is 12.4. The summed E-state index contributed by atoms with van der Waals surface area (Å²) in [6.45, 7) is 2.57. The molecule has 1 aliphatic carbocycles. The molecular formula is C21H26N6O2. The van der Waals surface area contributed by atoms with Crippen LogP contribution in [0.3, 0.4) is 0 Å². The minimum atomic E-state index is -0.458. The monoisotopic (exact) mass is 394 g/mol. The van der Waals surface area contributed by atoms with E-state index in [1.54, 1.807) is 36.3 Å². The summed E-state index contributed by atoms with van der Waals surface area (Å²) in [7, 11) is 1.78. The summed E-state index contributed by atoms with van der Waals surface area (Å²) in [6, 6.07) is 5.63. The van der Waals surface area contributed by atoms with Crippen LogP contribution in [0.5, 0.6) is 0 Å². The maximum Gasteiger partial charge on any atom is 0.248 e. The summed E-state index contributed by atoms with van der Waals surface area (Å²) in [6.07, 6.45) is 6.85. The van der Waals surface area contributed by atoms with E-state index in [0.29, 0.717) is 30.5 Å². The highest BCUT2D eigenvalue weighted by Gasteiger charge is 2.31. The van der Waals surface area contributed by atoms with Gasteiger partial charge < -0.3 is 20.9 Å². The van der Waals surface area contributed by atoms with Gasteiger partial charge in [0.2, 0.25) is 17.8 Å². The maximum atomic E-state index is 12.4. The van der Waals surface area contributed by atoms with Gasteiger partial charge in [0.1, 0.15) is 5.69 Å². The lowest BCUT2D eigenvalue weighted by Crippen LogP contribution is -2.34. The van der Waals surface area contributed by atoms with E-state index >= 15 is 0 Å². The molecule has 2 aromatic rings. The number of aromatic nitrogens is 2. The van der Waals surface area contributed by atoms with Crippen LogP contribution in [-0.4, -0.2) is 41.4 Å². The Morgan fingerprint density at radius 3 is 2.72 bits per heavy atom. The number of benzene rings is 1. The van der Waals surface area contributed by atoms with E-state index in [4.69, 9.17) is 10.7 Å². The van der Waals surface area contributed by atoms with E-state index in [9.17, 15) is 9.59 Å². The van der Waals surface area contributed by atoms with Crippen LogP contribution >= 0.6 is 0 Å². The summed E-state index contributed by atoms with van der Waals surface area (Å²) >= 11 is 0. The largest absolute Gasteiger partial charge is 0.366 e. The zero-order valence-electron chi connectivity index (χ0n) is 16.8. The van der Waals surface area contributed by atoms with E-state index in [1.807, 2.05) is 6.92 Å². The van der Waals surface area contributed by atoms with Crippen molar-refractivity contribution in [2.45, 2.75) is 45.1 Å². The van der Waals surface area contributed by atoms with Crippen molar-refractivity contribution in [3.8, 4) is 0 Å². The van der Waals surface area contributed by atoms with E-state index in [1.165, 1.54) is 12.8 Å². The Bertz CT molecular complexity index is 954. The van der Waals surface area contributed by atoms with Crippen molar-refractivity contribution in [2.75, 3.05) is 28.7 Å². The van der Waals surface area contributed by atoms with E-state index in [2.05, 4.69) is 15.2 Å². The number of carbonyl (C=O) groups excluding carboxylic acids is 2. The number of fused-ring (bicyclic) bond motifs is 1. The molecule has 8 heteroatoms. The average molecular weight is 394 g/mol. The second kappa shape index (κ2) is 7.69. The molecule has 1 aromatic heterocycles. The van der Waals surface area contributed by atoms with Gasteiger partial charge in [-0.3, -0.25) is 9.59 Å². The van der Waals surface area contributed by atoms with Gasteiger partial charge in [-0.1, -0.05) is 12.8 Å². The van der Waals surface area contributed by atoms with Crippen molar-refractivity contribution in [3.63, 3.8) is 0 Å². The number of hydrogen-bond acceptors (Lipinski definition) is 6. The number of hydrogen-bond donors (Lipinski definition) is 2. The van der Waals surface area contributed by atoms with Gasteiger partial charge in [0.15, 0.2) is 5.82 Å². The molecule has 2 amide bonds. The molecule has 4 rings (SSSR count). The molecule has 0 spiro atoms. The summed E-state index contributed by atoms with van der Waals surface area (Å²) in [4.78, 5) is 37.0. The van der Waals surface area contributed by atoms with Crippen molar-refractivity contribution in [1.82, 2.24) is 9.97 Å². The second-order valence-electron chi connectivity index (χ2n) is 7.76. The molecule has 1 aliphatic heterocycles.